The highest BCUT2D eigenvalue weighted by Crippen LogP contribution is 2.10. The fourth-order valence-corrected chi connectivity index (χ4v) is 2.05. The summed E-state index contributed by atoms with van der Waals surface area (Å²) in [5.74, 6) is 0.999. The van der Waals surface area contributed by atoms with Gasteiger partial charge in [-0.2, -0.15) is 0 Å². The van der Waals surface area contributed by atoms with Gasteiger partial charge in [0.2, 0.25) is 5.91 Å². The first kappa shape index (κ1) is 12.9. The lowest BCUT2D eigenvalue weighted by atomic mass is 10.1. The van der Waals surface area contributed by atoms with Crippen molar-refractivity contribution in [2.24, 2.45) is 0 Å². The van der Waals surface area contributed by atoms with Gasteiger partial charge in [-0.25, -0.2) is 0 Å². The second kappa shape index (κ2) is 6.40. The number of nitrogens with one attached hydrogen (secondary N) is 1. The van der Waals surface area contributed by atoms with Crippen LogP contribution in [0.2, 0.25) is 0 Å². The van der Waals surface area contributed by atoms with Crippen LogP contribution in [0, 0.1) is 0 Å². The molecule has 0 saturated carbocycles. The zero-order valence-electron chi connectivity index (χ0n) is 10.8. The lowest BCUT2D eigenvalue weighted by Crippen LogP contribution is -2.58. The first-order chi connectivity index (χ1) is 8.81. The number of amides is 1. The maximum absolute atomic E-state index is 12.0. The highest BCUT2D eigenvalue weighted by molar-refractivity contribution is 5.76. The Labute approximate surface area is 108 Å². The summed E-state index contributed by atoms with van der Waals surface area (Å²) in [6.45, 7) is 5.07. The summed E-state index contributed by atoms with van der Waals surface area (Å²) < 4.78 is 5.54. The summed E-state index contributed by atoms with van der Waals surface area (Å²) >= 11 is 0. The van der Waals surface area contributed by atoms with Crippen LogP contribution in [-0.2, 0) is 4.79 Å². The van der Waals surface area contributed by atoms with E-state index in [0.29, 0.717) is 19.1 Å². The van der Waals surface area contributed by atoms with Gasteiger partial charge < -0.3 is 15.0 Å². The molecule has 1 aliphatic heterocycles. The lowest BCUT2D eigenvalue weighted by molar-refractivity contribution is -0.134. The lowest BCUT2D eigenvalue weighted by Gasteiger charge is -2.37. The summed E-state index contributed by atoms with van der Waals surface area (Å²) in [5.41, 5.74) is 0. The number of likely N-dealkylation sites (N-methyl/N-ethyl adjacent to an activating group) is 1. The van der Waals surface area contributed by atoms with Crippen LogP contribution in [0.15, 0.2) is 30.3 Å². The molecule has 1 N–H and O–H groups in total. The molecule has 0 spiro atoms. The van der Waals surface area contributed by atoms with E-state index in [2.05, 4.69) is 5.32 Å². The molecule has 1 amide bonds. The first-order valence-corrected chi connectivity index (χ1v) is 6.49. The van der Waals surface area contributed by atoms with Crippen molar-refractivity contribution in [2.45, 2.75) is 19.4 Å². The van der Waals surface area contributed by atoms with Crippen LogP contribution in [-0.4, -0.2) is 43.1 Å². The summed E-state index contributed by atoms with van der Waals surface area (Å²) in [4.78, 5) is 14.0. The van der Waals surface area contributed by atoms with E-state index in [9.17, 15) is 4.79 Å². The molecule has 0 radical (unpaired) electrons. The summed E-state index contributed by atoms with van der Waals surface area (Å²) in [7, 11) is 0. The van der Waals surface area contributed by atoms with Gasteiger partial charge in [-0.05, 0) is 19.1 Å². The minimum absolute atomic E-state index is 0.180. The summed E-state index contributed by atoms with van der Waals surface area (Å²) in [5, 5.41) is 3.19. The van der Waals surface area contributed by atoms with Gasteiger partial charge in [0.25, 0.3) is 0 Å². The normalized spacial score (nSPS) is 14.9. The second-order valence-corrected chi connectivity index (χ2v) is 4.40. The van der Waals surface area contributed by atoms with Crippen molar-refractivity contribution in [3.8, 4) is 5.75 Å². The van der Waals surface area contributed by atoms with Crippen molar-refractivity contribution in [1.29, 1.82) is 0 Å². The van der Waals surface area contributed by atoms with E-state index in [1.807, 2.05) is 42.2 Å². The molecule has 2 rings (SSSR count). The molecule has 1 aromatic rings. The molecule has 1 heterocycles. The monoisotopic (exact) mass is 248 g/mol. The number of para-hydroxylation sites is 1. The van der Waals surface area contributed by atoms with E-state index in [1.165, 1.54) is 0 Å². The average Bonchev–Trinajstić information content (AvgIpc) is 2.34. The maximum Gasteiger partial charge on any atom is 0.226 e. The van der Waals surface area contributed by atoms with Gasteiger partial charge in [-0.1, -0.05) is 18.2 Å². The molecule has 1 aromatic carbocycles. The number of benzene rings is 1. The van der Waals surface area contributed by atoms with Crippen LogP contribution in [0.1, 0.15) is 13.3 Å². The summed E-state index contributed by atoms with van der Waals surface area (Å²) in [6, 6.07) is 9.97. The molecular formula is C14H20N2O2. The molecule has 1 fully saturated rings. The van der Waals surface area contributed by atoms with Crippen LogP contribution < -0.4 is 10.1 Å². The smallest absolute Gasteiger partial charge is 0.226 e. The highest BCUT2D eigenvalue weighted by Gasteiger charge is 2.26. The number of nitrogens with zero attached hydrogens (tertiary/aromatic N) is 1. The Kier molecular flexibility index (Phi) is 4.59. The Morgan fingerprint density at radius 2 is 2.11 bits per heavy atom. The molecule has 1 saturated heterocycles. The quantitative estimate of drug-likeness (QED) is 0.824. The molecule has 0 aromatic heterocycles. The van der Waals surface area contributed by atoms with E-state index in [4.69, 9.17) is 4.74 Å². The van der Waals surface area contributed by atoms with Crippen molar-refractivity contribution in [1.82, 2.24) is 10.2 Å². The number of carbonyl (C=O) groups excluding carboxylic acids is 1. The minimum Gasteiger partial charge on any atom is -0.493 e. The van der Waals surface area contributed by atoms with Gasteiger partial charge in [0.15, 0.2) is 0 Å². The molecule has 0 bridgehead atoms. The second-order valence-electron chi connectivity index (χ2n) is 4.40. The Hall–Kier alpha value is -1.55. The highest BCUT2D eigenvalue weighted by atomic mass is 16.5. The van der Waals surface area contributed by atoms with Crippen LogP contribution in [0.4, 0.5) is 0 Å². The van der Waals surface area contributed by atoms with Crippen LogP contribution in [0.25, 0.3) is 0 Å². The zero-order chi connectivity index (χ0) is 12.8. The van der Waals surface area contributed by atoms with Gasteiger partial charge in [-0.3, -0.25) is 4.79 Å². The predicted octanol–water partition coefficient (Wildman–Crippen LogP) is 1.28. The third-order valence-corrected chi connectivity index (χ3v) is 3.19. The molecule has 1 aliphatic rings. The van der Waals surface area contributed by atoms with Crippen LogP contribution >= 0.6 is 0 Å². The maximum atomic E-state index is 12.0. The van der Waals surface area contributed by atoms with E-state index in [-0.39, 0.29) is 5.91 Å². The Morgan fingerprint density at radius 3 is 2.67 bits per heavy atom. The molecular weight excluding hydrogens is 228 g/mol. The van der Waals surface area contributed by atoms with E-state index in [1.54, 1.807) is 0 Å². The van der Waals surface area contributed by atoms with E-state index >= 15 is 0 Å². The number of ether oxygens (including phenoxy) is 1. The van der Waals surface area contributed by atoms with Gasteiger partial charge >= 0.3 is 0 Å². The van der Waals surface area contributed by atoms with Crippen molar-refractivity contribution in [2.75, 3.05) is 26.2 Å². The number of rotatable bonds is 6. The summed E-state index contributed by atoms with van der Waals surface area (Å²) in [6.07, 6.45) is 0.444. The average molecular weight is 248 g/mol. The van der Waals surface area contributed by atoms with E-state index in [0.717, 1.165) is 25.4 Å². The van der Waals surface area contributed by atoms with Crippen LogP contribution in [0.5, 0.6) is 5.75 Å². The fraction of sp³-hybridized carbons (Fsp3) is 0.500. The molecule has 0 aliphatic carbocycles. The molecule has 0 unspecified atom stereocenters. The Bertz CT molecular complexity index is 377. The molecule has 0 atom stereocenters. The van der Waals surface area contributed by atoms with E-state index < -0.39 is 0 Å². The molecule has 4 nitrogen and oxygen atoms in total. The third-order valence-electron chi connectivity index (χ3n) is 3.19. The van der Waals surface area contributed by atoms with Gasteiger partial charge in [0.05, 0.1) is 19.1 Å². The standard InChI is InChI=1S/C14H20N2O2/c1-2-16(12-10-15-11-12)14(17)8-9-18-13-6-4-3-5-7-13/h3-7,12,15H,2,8-11H2,1H3. The van der Waals surface area contributed by atoms with Crippen molar-refractivity contribution in [3.63, 3.8) is 0 Å². The van der Waals surface area contributed by atoms with Gasteiger partial charge in [-0.15, -0.1) is 0 Å². The van der Waals surface area contributed by atoms with Crippen LogP contribution in [0.3, 0.4) is 0 Å². The van der Waals surface area contributed by atoms with Gasteiger partial charge in [0.1, 0.15) is 5.75 Å². The fourth-order valence-electron chi connectivity index (χ4n) is 2.05. The van der Waals surface area contributed by atoms with Crippen molar-refractivity contribution < 1.29 is 9.53 Å². The Balaban J connectivity index is 1.73. The molecule has 18 heavy (non-hydrogen) atoms. The van der Waals surface area contributed by atoms with Crippen molar-refractivity contribution >= 4 is 5.91 Å². The predicted molar refractivity (Wildman–Crippen MR) is 70.6 cm³/mol. The molecule has 4 heteroatoms. The zero-order valence-corrected chi connectivity index (χ0v) is 10.8. The largest absolute Gasteiger partial charge is 0.493 e. The van der Waals surface area contributed by atoms with Crippen molar-refractivity contribution in [3.05, 3.63) is 30.3 Å². The molecule has 98 valence electrons. The minimum atomic E-state index is 0.180. The first-order valence-electron chi connectivity index (χ1n) is 6.49. The Morgan fingerprint density at radius 1 is 1.39 bits per heavy atom. The topological polar surface area (TPSA) is 41.6 Å². The number of hydrogen-bond acceptors (Lipinski definition) is 3. The number of carbonyl (C=O) groups is 1. The third kappa shape index (κ3) is 3.23. The number of hydrogen-bond donors (Lipinski definition) is 1. The van der Waals surface area contributed by atoms with Gasteiger partial charge in [0, 0.05) is 19.6 Å². The SMILES string of the molecule is CCN(C(=O)CCOc1ccccc1)C1CNC1.